The van der Waals surface area contributed by atoms with Crippen LogP contribution in [0, 0.1) is 0 Å². The molecule has 0 fully saturated rings. The predicted octanol–water partition coefficient (Wildman–Crippen LogP) is 1.53. The first kappa shape index (κ1) is 23.5. The van der Waals surface area contributed by atoms with E-state index in [9.17, 15) is 19.5 Å². The summed E-state index contributed by atoms with van der Waals surface area (Å²) >= 11 is 0. The number of nitrogens with two attached hydrogens (primary N) is 1. The molecule has 1 atom stereocenters. The summed E-state index contributed by atoms with van der Waals surface area (Å²) in [5.41, 5.74) is 5.51. The predicted molar refractivity (Wildman–Crippen MR) is 103 cm³/mol. The minimum absolute atomic E-state index is 0.00662. The standard InChI is InChI=1S/C18H26N4O7/c1-18(2,3)29-17(26)21-15(19)22-28-10-9-13(14(23)24)20-16(25)27-11-12-7-5-4-6-8-12/h4-8,13H,9-11H2,1-3H3,(H,20,25)(H,23,24)(H3,19,21,22,26)/t13-/m0/s1. The van der Waals surface area contributed by atoms with Gasteiger partial charge < -0.3 is 30.5 Å². The lowest BCUT2D eigenvalue weighted by Gasteiger charge is -2.19. The molecule has 0 unspecified atom stereocenters. The zero-order valence-electron chi connectivity index (χ0n) is 16.5. The fraction of sp³-hybridized carbons (Fsp3) is 0.444. The van der Waals surface area contributed by atoms with E-state index in [0.29, 0.717) is 0 Å². The maximum atomic E-state index is 11.8. The number of hydrogen-bond donors (Lipinski definition) is 4. The molecule has 29 heavy (non-hydrogen) atoms. The molecule has 2 amide bonds. The van der Waals surface area contributed by atoms with Crippen LogP contribution in [0.1, 0.15) is 32.8 Å². The highest BCUT2D eigenvalue weighted by atomic mass is 16.6. The number of carboxylic acid groups (broad SMARTS) is 1. The zero-order chi connectivity index (χ0) is 21.9. The third-order valence-electron chi connectivity index (χ3n) is 3.09. The number of nitrogens with one attached hydrogen (secondary N) is 2. The van der Waals surface area contributed by atoms with Crippen LogP contribution in [-0.2, 0) is 25.7 Å². The van der Waals surface area contributed by atoms with E-state index >= 15 is 0 Å². The molecule has 1 aromatic rings. The van der Waals surface area contributed by atoms with Crippen LogP contribution in [0.4, 0.5) is 9.59 Å². The van der Waals surface area contributed by atoms with Gasteiger partial charge in [-0.25, -0.2) is 14.4 Å². The van der Waals surface area contributed by atoms with Crippen molar-refractivity contribution < 1.29 is 33.8 Å². The van der Waals surface area contributed by atoms with Crippen LogP contribution < -0.4 is 16.4 Å². The summed E-state index contributed by atoms with van der Waals surface area (Å²) in [5.74, 6) is -1.63. The minimum atomic E-state index is -1.27. The molecule has 5 N–H and O–H groups in total. The van der Waals surface area contributed by atoms with Gasteiger partial charge in [-0.1, -0.05) is 30.3 Å². The monoisotopic (exact) mass is 410 g/mol. The van der Waals surface area contributed by atoms with Crippen molar-refractivity contribution in [2.45, 2.75) is 45.4 Å². The largest absolute Gasteiger partial charge is 0.480 e. The van der Waals surface area contributed by atoms with Crippen molar-refractivity contribution in [3.05, 3.63) is 35.9 Å². The molecule has 0 aliphatic heterocycles. The molecule has 0 aliphatic carbocycles. The molecule has 0 saturated carbocycles. The Balaban J connectivity index is 2.37. The molecule has 11 nitrogen and oxygen atoms in total. The van der Waals surface area contributed by atoms with Crippen LogP contribution in [0.3, 0.4) is 0 Å². The number of amides is 2. The second-order valence-electron chi connectivity index (χ2n) is 6.82. The number of aliphatic carboxylic acids is 1. The molecule has 0 spiro atoms. The Kier molecular flexibility index (Phi) is 9.23. The summed E-state index contributed by atoms with van der Waals surface area (Å²) in [7, 11) is 0. The fourth-order valence-electron chi connectivity index (χ4n) is 1.88. The minimum Gasteiger partial charge on any atom is -0.480 e. The van der Waals surface area contributed by atoms with Gasteiger partial charge in [-0.05, 0) is 31.5 Å². The van der Waals surface area contributed by atoms with Crippen molar-refractivity contribution in [1.82, 2.24) is 10.6 Å². The van der Waals surface area contributed by atoms with E-state index in [4.69, 9.17) is 20.0 Å². The Bertz CT molecular complexity index is 717. The number of alkyl carbamates (subject to hydrolysis) is 2. The third kappa shape index (κ3) is 11.1. The summed E-state index contributed by atoms with van der Waals surface area (Å²) in [6.45, 7) is 4.86. The van der Waals surface area contributed by atoms with Gasteiger partial charge in [-0.15, -0.1) is 0 Å². The summed E-state index contributed by atoms with van der Waals surface area (Å²) < 4.78 is 9.95. The highest BCUT2D eigenvalue weighted by Gasteiger charge is 2.21. The molecule has 0 heterocycles. The van der Waals surface area contributed by atoms with Crippen LogP contribution in [0.15, 0.2) is 35.5 Å². The van der Waals surface area contributed by atoms with Gasteiger partial charge >= 0.3 is 18.2 Å². The number of carboxylic acids is 1. The molecule has 0 aliphatic rings. The average molecular weight is 410 g/mol. The van der Waals surface area contributed by atoms with E-state index in [1.54, 1.807) is 45.0 Å². The molecule has 1 aromatic carbocycles. The SMILES string of the molecule is CC(C)(C)OC(=O)N/C(N)=N/OCC[C@H](NC(=O)OCc1ccccc1)C(=O)O. The number of benzene rings is 1. The summed E-state index contributed by atoms with van der Waals surface area (Å²) in [5, 5.41) is 17.0. The topological polar surface area (TPSA) is 162 Å². The number of ether oxygens (including phenoxy) is 2. The normalized spacial score (nSPS) is 12.4. The van der Waals surface area contributed by atoms with E-state index in [1.165, 1.54) is 0 Å². The number of carbonyl (C=O) groups is 3. The van der Waals surface area contributed by atoms with Gasteiger partial charge in [-0.2, -0.15) is 0 Å². The van der Waals surface area contributed by atoms with E-state index in [0.717, 1.165) is 5.56 Å². The lowest BCUT2D eigenvalue weighted by molar-refractivity contribution is -0.139. The first-order valence-electron chi connectivity index (χ1n) is 8.72. The molecular formula is C18H26N4O7. The fourth-order valence-corrected chi connectivity index (χ4v) is 1.88. The second-order valence-corrected chi connectivity index (χ2v) is 6.82. The van der Waals surface area contributed by atoms with Crippen LogP contribution in [0.25, 0.3) is 0 Å². The number of carbonyl (C=O) groups excluding carboxylic acids is 2. The van der Waals surface area contributed by atoms with Gasteiger partial charge in [0, 0.05) is 6.42 Å². The van der Waals surface area contributed by atoms with Gasteiger partial charge in [0.2, 0.25) is 5.96 Å². The van der Waals surface area contributed by atoms with Crippen molar-refractivity contribution in [2.24, 2.45) is 10.9 Å². The van der Waals surface area contributed by atoms with Crippen molar-refractivity contribution in [2.75, 3.05) is 6.61 Å². The summed E-state index contributed by atoms with van der Waals surface area (Å²) in [6.07, 6.45) is -1.80. The van der Waals surface area contributed by atoms with Crippen LogP contribution >= 0.6 is 0 Å². The van der Waals surface area contributed by atoms with Gasteiger partial charge in [-0.3, -0.25) is 5.32 Å². The zero-order valence-corrected chi connectivity index (χ0v) is 16.5. The summed E-state index contributed by atoms with van der Waals surface area (Å²) in [4.78, 5) is 39.4. The maximum Gasteiger partial charge on any atom is 0.414 e. The smallest absolute Gasteiger partial charge is 0.414 e. The molecule has 11 heteroatoms. The summed E-state index contributed by atoms with van der Waals surface area (Å²) in [6, 6.07) is 7.68. The molecule has 1 rings (SSSR count). The Morgan fingerprint density at radius 1 is 1.17 bits per heavy atom. The molecule has 0 bridgehead atoms. The molecular weight excluding hydrogens is 384 g/mol. The first-order chi connectivity index (χ1) is 13.6. The Labute approximate surface area is 168 Å². The van der Waals surface area contributed by atoms with Crippen molar-refractivity contribution in [3.8, 4) is 0 Å². The molecule has 160 valence electrons. The van der Waals surface area contributed by atoms with E-state index in [2.05, 4.69) is 15.8 Å². The molecule has 0 radical (unpaired) electrons. The Hall–Kier alpha value is -3.50. The quantitative estimate of drug-likeness (QED) is 0.217. The van der Waals surface area contributed by atoms with Crippen molar-refractivity contribution >= 4 is 24.1 Å². The van der Waals surface area contributed by atoms with Gasteiger partial charge in [0.15, 0.2) is 0 Å². The average Bonchev–Trinajstić information content (AvgIpc) is 2.61. The van der Waals surface area contributed by atoms with Gasteiger partial charge in [0.25, 0.3) is 0 Å². The number of nitrogens with zero attached hydrogens (tertiary/aromatic N) is 1. The highest BCUT2D eigenvalue weighted by Crippen LogP contribution is 2.06. The van der Waals surface area contributed by atoms with E-state index < -0.39 is 29.8 Å². The highest BCUT2D eigenvalue weighted by molar-refractivity contribution is 5.92. The third-order valence-corrected chi connectivity index (χ3v) is 3.09. The van der Waals surface area contributed by atoms with Gasteiger partial charge in [0.1, 0.15) is 24.9 Å². The van der Waals surface area contributed by atoms with Crippen molar-refractivity contribution in [1.29, 1.82) is 0 Å². The van der Waals surface area contributed by atoms with Crippen LogP contribution in [0.2, 0.25) is 0 Å². The number of hydrogen-bond acceptors (Lipinski definition) is 7. The van der Waals surface area contributed by atoms with Crippen LogP contribution in [-0.4, -0.2) is 47.5 Å². The number of rotatable bonds is 8. The number of guanidine groups is 1. The number of oxime groups is 1. The Morgan fingerprint density at radius 3 is 2.41 bits per heavy atom. The maximum absolute atomic E-state index is 11.8. The van der Waals surface area contributed by atoms with Crippen LogP contribution in [0.5, 0.6) is 0 Å². The Morgan fingerprint density at radius 2 is 1.83 bits per heavy atom. The lowest BCUT2D eigenvalue weighted by Crippen LogP contribution is -2.42. The van der Waals surface area contributed by atoms with Crippen molar-refractivity contribution in [3.63, 3.8) is 0 Å². The molecule has 0 aromatic heterocycles. The lowest BCUT2D eigenvalue weighted by atomic mass is 10.2. The van der Waals surface area contributed by atoms with Gasteiger partial charge in [0.05, 0.1) is 0 Å². The van der Waals surface area contributed by atoms with E-state index in [-0.39, 0.29) is 25.6 Å². The second kappa shape index (κ2) is 11.4. The van der Waals surface area contributed by atoms with E-state index in [1.807, 2.05) is 6.07 Å². The first-order valence-corrected chi connectivity index (χ1v) is 8.72. The molecule has 0 saturated heterocycles.